The molecule has 0 fully saturated rings. The van der Waals surface area contributed by atoms with Gasteiger partial charge in [0.25, 0.3) is 0 Å². The van der Waals surface area contributed by atoms with E-state index in [1.165, 1.54) is 0 Å². The Morgan fingerprint density at radius 2 is 2.33 bits per heavy atom. The van der Waals surface area contributed by atoms with Gasteiger partial charge in [0.2, 0.25) is 0 Å². The molecule has 0 bridgehead atoms. The number of rotatable bonds is 6. The topological polar surface area (TPSA) is 77.0 Å². The minimum Gasteiger partial charge on any atom is -0.448 e. The van der Waals surface area contributed by atoms with E-state index in [9.17, 15) is 0 Å². The lowest BCUT2D eigenvalue weighted by atomic mass is 10.3. The fourth-order valence-corrected chi connectivity index (χ4v) is 1.48. The quantitative estimate of drug-likeness (QED) is 0.801. The summed E-state index contributed by atoms with van der Waals surface area (Å²) in [6.45, 7) is 5.05. The molecule has 5 heteroatoms. The minimum absolute atomic E-state index is 0.522. The fourth-order valence-electron chi connectivity index (χ4n) is 1.48. The molecule has 0 atom stereocenters. The number of nitrogens with one attached hydrogen (secondary N) is 1. The average molecular weight is 244 g/mol. The summed E-state index contributed by atoms with van der Waals surface area (Å²) in [6.07, 6.45) is 3.97. The van der Waals surface area contributed by atoms with E-state index in [-0.39, 0.29) is 0 Å². The summed E-state index contributed by atoms with van der Waals surface area (Å²) in [4.78, 5) is 8.50. The number of hydrogen-bond acceptors (Lipinski definition) is 5. The molecule has 2 rings (SSSR count). The number of pyridine rings is 1. The monoisotopic (exact) mass is 244 g/mol. The molecular formula is C13H16N4O. The van der Waals surface area contributed by atoms with Gasteiger partial charge in [-0.3, -0.25) is 4.98 Å². The zero-order chi connectivity index (χ0) is 12.8. The largest absolute Gasteiger partial charge is 0.448 e. The third-order valence-electron chi connectivity index (χ3n) is 2.43. The molecule has 0 aliphatic rings. The number of oxazole rings is 1. The molecule has 94 valence electrons. The first-order valence-electron chi connectivity index (χ1n) is 5.77. The molecule has 0 aliphatic heterocycles. The summed E-state index contributed by atoms with van der Waals surface area (Å²) in [6, 6.07) is 5.78. The maximum atomic E-state index is 5.43. The lowest BCUT2D eigenvalue weighted by Crippen LogP contribution is -2.12. The highest BCUT2D eigenvalue weighted by molar-refractivity contribution is 5.56. The summed E-state index contributed by atoms with van der Waals surface area (Å²) in [5.74, 6) is 0.633. The summed E-state index contributed by atoms with van der Waals surface area (Å²) in [5.41, 5.74) is 7.80. The van der Waals surface area contributed by atoms with Crippen LogP contribution in [0.2, 0.25) is 0 Å². The van der Waals surface area contributed by atoms with Crippen LogP contribution in [0.4, 0.5) is 0 Å². The maximum Gasteiger partial charge on any atom is 0.195 e. The Bertz CT molecular complexity index is 507. The van der Waals surface area contributed by atoms with Crippen LogP contribution in [-0.4, -0.2) is 16.5 Å². The van der Waals surface area contributed by atoms with Gasteiger partial charge < -0.3 is 15.5 Å². The van der Waals surface area contributed by atoms with Crippen molar-refractivity contribution in [2.45, 2.75) is 13.0 Å². The molecule has 2 heterocycles. The van der Waals surface area contributed by atoms with Crippen molar-refractivity contribution in [1.29, 1.82) is 0 Å². The molecule has 2 aromatic rings. The zero-order valence-corrected chi connectivity index (χ0v) is 10.1. The molecular weight excluding hydrogens is 228 g/mol. The Morgan fingerprint density at radius 1 is 1.44 bits per heavy atom. The number of hydrogen-bond donors (Lipinski definition) is 2. The van der Waals surface area contributed by atoms with E-state index in [1.54, 1.807) is 12.5 Å². The van der Waals surface area contributed by atoms with Crippen molar-refractivity contribution in [3.05, 3.63) is 54.5 Å². The van der Waals surface area contributed by atoms with Crippen molar-refractivity contribution in [2.75, 3.05) is 6.54 Å². The van der Waals surface area contributed by atoms with E-state index < -0.39 is 0 Å². The van der Waals surface area contributed by atoms with E-state index in [0.29, 0.717) is 36.8 Å². The molecule has 0 amide bonds. The summed E-state index contributed by atoms with van der Waals surface area (Å²) in [5, 5.41) is 3.16. The smallest absolute Gasteiger partial charge is 0.195 e. The Morgan fingerprint density at radius 3 is 3.06 bits per heavy atom. The van der Waals surface area contributed by atoms with Crippen LogP contribution < -0.4 is 11.1 Å². The molecule has 0 saturated heterocycles. The highest BCUT2D eigenvalue weighted by Gasteiger charge is 2.06. The van der Waals surface area contributed by atoms with Gasteiger partial charge in [-0.25, -0.2) is 4.98 Å². The lowest BCUT2D eigenvalue weighted by Gasteiger charge is -2.05. The van der Waals surface area contributed by atoms with Crippen LogP contribution in [-0.2, 0) is 13.0 Å². The van der Waals surface area contributed by atoms with Gasteiger partial charge >= 0.3 is 0 Å². The molecule has 0 radical (unpaired) electrons. The van der Waals surface area contributed by atoms with Crippen molar-refractivity contribution < 1.29 is 4.42 Å². The second-order valence-corrected chi connectivity index (χ2v) is 3.82. The molecule has 3 N–H and O–H groups in total. The predicted octanol–water partition coefficient (Wildman–Crippen LogP) is 1.33. The van der Waals surface area contributed by atoms with E-state index in [2.05, 4.69) is 21.9 Å². The van der Waals surface area contributed by atoms with Gasteiger partial charge in [0.15, 0.2) is 5.89 Å². The second kappa shape index (κ2) is 5.97. The number of nitrogens with two attached hydrogens (primary N) is 1. The molecule has 2 aromatic heterocycles. The lowest BCUT2D eigenvalue weighted by molar-refractivity contribution is 0.496. The van der Waals surface area contributed by atoms with Crippen LogP contribution in [0.5, 0.6) is 0 Å². The molecule has 0 aliphatic carbocycles. The molecule has 0 saturated carbocycles. The summed E-state index contributed by atoms with van der Waals surface area (Å²) < 4.78 is 5.27. The summed E-state index contributed by atoms with van der Waals surface area (Å²) >= 11 is 0. The molecule has 0 aromatic carbocycles. The third kappa shape index (κ3) is 3.18. The van der Waals surface area contributed by atoms with E-state index in [1.807, 2.05) is 18.2 Å². The molecule has 18 heavy (non-hydrogen) atoms. The van der Waals surface area contributed by atoms with Gasteiger partial charge in [0.1, 0.15) is 12.0 Å². The van der Waals surface area contributed by atoms with Gasteiger partial charge in [0.05, 0.1) is 17.9 Å². The zero-order valence-electron chi connectivity index (χ0n) is 10.1. The normalized spacial score (nSPS) is 10.3. The van der Waals surface area contributed by atoms with Gasteiger partial charge in [-0.1, -0.05) is 12.6 Å². The number of aromatic nitrogens is 2. The molecule has 0 unspecified atom stereocenters. The molecule has 0 spiro atoms. The standard InChI is InChI=1S/C13H16N4O/c1-10(12-9-18-13(17-12)5-6-14)16-8-11-4-2-3-7-15-11/h2-4,7,9,16H,1,5-6,8,14H2. The van der Waals surface area contributed by atoms with Crippen molar-refractivity contribution >= 4 is 5.70 Å². The summed E-state index contributed by atoms with van der Waals surface area (Å²) in [7, 11) is 0. The van der Waals surface area contributed by atoms with Crippen LogP contribution in [0.3, 0.4) is 0 Å². The Labute approximate surface area is 106 Å². The third-order valence-corrected chi connectivity index (χ3v) is 2.43. The average Bonchev–Trinajstić information content (AvgIpc) is 2.86. The van der Waals surface area contributed by atoms with Crippen LogP contribution in [0, 0.1) is 0 Å². The van der Waals surface area contributed by atoms with Crippen LogP contribution in [0.25, 0.3) is 5.70 Å². The minimum atomic E-state index is 0.522. The number of nitrogens with zero attached hydrogens (tertiary/aromatic N) is 2. The van der Waals surface area contributed by atoms with Crippen molar-refractivity contribution in [3.8, 4) is 0 Å². The van der Waals surface area contributed by atoms with Crippen LogP contribution in [0.15, 0.2) is 41.7 Å². The Hall–Kier alpha value is -2.14. The van der Waals surface area contributed by atoms with Gasteiger partial charge in [0, 0.05) is 19.2 Å². The first-order valence-corrected chi connectivity index (χ1v) is 5.77. The van der Waals surface area contributed by atoms with Crippen LogP contribution in [0.1, 0.15) is 17.3 Å². The van der Waals surface area contributed by atoms with Crippen molar-refractivity contribution in [2.24, 2.45) is 5.73 Å². The molecule has 5 nitrogen and oxygen atoms in total. The predicted molar refractivity (Wildman–Crippen MR) is 69.4 cm³/mol. The van der Waals surface area contributed by atoms with Crippen molar-refractivity contribution in [3.63, 3.8) is 0 Å². The first kappa shape index (κ1) is 12.3. The van der Waals surface area contributed by atoms with E-state index in [4.69, 9.17) is 10.2 Å². The fraction of sp³-hybridized carbons (Fsp3) is 0.231. The highest BCUT2D eigenvalue weighted by atomic mass is 16.3. The SMILES string of the molecule is C=C(NCc1ccccn1)c1coc(CCN)n1. The Balaban J connectivity index is 1.91. The second-order valence-electron chi connectivity index (χ2n) is 3.82. The van der Waals surface area contributed by atoms with E-state index in [0.717, 1.165) is 5.69 Å². The Kier molecular flexibility index (Phi) is 4.09. The van der Waals surface area contributed by atoms with Gasteiger partial charge in [-0.05, 0) is 12.1 Å². The van der Waals surface area contributed by atoms with Crippen LogP contribution >= 0.6 is 0 Å². The van der Waals surface area contributed by atoms with Gasteiger partial charge in [-0.2, -0.15) is 0 Å². The van der Waals surface area contributed by atoms with Gasteiger partial charge in [-0.15, -0.1) is 0 Å². The van der Waals surface area contributed by atoms with E-state index >= 15 is 0 Å². The maximum absolute atomic E-state index is 5.43. The first-order chi connectivity index (χ1) is 8.79. The van der Waals surface area contributed by atoms with Crippen molar-refractivity contribution in [1.82, 2.24) is 15.3 Å². The highest BCUT2D eigenvalue weighted by Crippen LogP contribution is 2.10.